The molecule has 188 valence electrons. The van der Waals surface area contributed by atoms with Gasteiger partial charge in [-0.15, -0.1) is 0 Å². The van der Waals surface area contributed by atoms with Crippen LogP contribution in [0.5, 0.6) is 5.75 Å². The van der Waals surface area contributed by atoms with E-state index >= 15 is 0 Å². The molecule has 1 amide bonds. The molecule has 1 aromatic carbocycles. The standard InChI is InChI=1S/C22H25N3O9S/c1-25(2)16-10-7-8-6-9-11(24-35(3,33)34)4-5-12(26)14(9)17(27)13(8)19(29)22(10,32)20(30)15(18(16)28)21(23)31/h4-5,8,10,16,24,26-27,30,32H,6-7H2,1-3H3,(H2,23,31)/t8-,10-,16?,22-/m1/s1. The third-order valence-corrected chi connectivity index (χ3v) is 7.49. The molecule has 0 saturated heterocycles. The molecule has 4 atom stereocenters. The summed E-state index contributed by atoms with van der Waals surface area (Å²) in [5.41, 5.74) is 1.44. The zero-order valence-corrected chi connectivity index (χ0v) is 19.9. The first kappa shape index (κ1) is 24.7. The number of phenolic OH excluding ortho intramolecular Hbond substituents is 1. The minimum Gasteiger partial charge on any atom is -0.508 e. The summed E-state index contributed by atoms with van der Waals surface area (Å²) in [6.07, 6.45) is 0.807. The van der Waals surface area contributed by atoms with Crippen molar-refractivity contribution in [1.29, 1.82) is 0 Å². The molecule has 13 heteroatoms. The van der Waals surface area contributed by atoms with Crippen molar-refractivity contribution in [2.45, 2.75) is 24.5 Å². The van der Waals surface area contributed by atoms with Gasteiger partial charge in [0, 0.05) is 11.5 Å². The minimum atomic E-state index is -3.73. The summed E-state index contributed by atoms with van der Waals surface area (Å²) in [5, 5.41) is 43.8. The highest BCUT2D eigenvalue weighted by Gasteiger charge is 2.64. The van der Waals surface area contributed by atoms with E-state index in [9.17, 15) is 43.2 Å². The average molecular weight is 508 g/mol. The van der Waals surface area contributed by atoms with Gasteiger partial charge >= 0.3 is 0 Å². The van der Waals surface area contributed by atoms with Crippen LogP contribution in [0, 0.1) is 11.8 Å². The Hall–Kier alpha value is -3.42. The number of amides is 1. The lowest BCUT2D eigenvalue weighted by Gasteiger charge is -2.50. The number of carbonyl (C=O) groups is 3. The lowest BCUT2D eigenvalue weighted by atomic mass is 9.57. The number of ketones is 2. The number of nitrogens with zero attached hydrogens (tertiary/aromatic N) is 1. The van der Waals surface area contributed by atoms with E-state index in [2.05, 4.69) is 4.72 Å². The van der Waals surface area contributed by atoms with Gasteiger partial charge in [-0.05, 0) is 50.6 Å². The van der Waals surface area contributed by atoms with Gasteiger partial charge in [-0.25, -0.2) is 8.42 Å². The minimum absolute atomic E-state index is 0.0270. The van der Waals surface area contributed by atoms with Gasteiger partial charge in [-0.3, -0.25) is 24.0 Å². The van der Waals surface area contributed by atoms with Crippen molar-refractivity contribution in [3.63, 3.8) is 0 Å². The molecule has 35 heavy (non-hydrogen) atoms. The molecule has 1 unspecified atom stereocenters. The Morgan fingerprint density at radius 1 is 1.20 bits per heavy atom. The molecule has 0 radical (unpaired) electrons. The van der Waals surface area contributed by atoms with E-state index in [1.807, 2.05) is 0 Å². The molecule has 1 aromatic rings. The number of phenols is 1. The number of aliphatic hydroxyl groups excluding tert-OH is 2. The molecule has 7 N–H and O–H groups in total. The number of aromatic hydroxyl groups is 1. The number of nitrogens with two attached hydrogens (primary N) is 1. The lowest BCUT2D eigenvalue weighted by Crippen LogP contribution is -2.65. The number of rotatable bonds is 4. The van der Waals surface area contributed by atoms with Crippen LogP contribution in [-0.2, 0) is 30.8 Å². The van der Waals surface area contributed by atoms with E-state index in [4.69, 9.17) is 5.73 Å². The topological polar surface area (TPSA) is 208 Å². The number of nitrogens with one attached hydrogen (secondary N) is 1. The zero-order valence-electron chi connectivity index (χ0n) is 19.1. The summed E-state index contributed by atoms with van der Waals surface area (Å²) in [6, 6.07) is 1.25. The fourth-order valence-electron chi connectivity index (χ4n) is 5.54. The second-order valence-corrected chi connectivity index (χ2v) is 11.1. The number of Topliss-reactive ketones (excluding diaryl/α,β-unsaturated/α-hetero) is 2. The van der Waals surface area contributed by atoms with Gasteiger partial charge in [0.2, 0.25) is 15.8 Å². The van der Waals surface area contributed by atoms with Gasteiger partial charge < -0.3 is 26.2 Å². The number of aliphatic hydroxyl groups is 3. The summed E-state index contributed by atoms with van der Waals surface area (Å²) in [4.78, 5) is 40.1. The third kappa shape index (κ3) is 3.49. The zero-order chi connectivity index (χ0) is 26.2. The van der Waals surface area contributed by atoms with E-state index in [0.717, 1.165) is 12.3 Å². The number of primary amides is 1. The summed E-state index contributed by atoms with van der Waals surface area (Å²) in [7, 11) is -0.730. The van der Waals surface area contributed by atoms with E-state index in [-0.39, 0.29) is 35.2 Å². The van der Waals surface area contributed by atoms with Crippen molar-refractivity contribution >= 4 is 38.9 Å². The molecule has 4 rings (SSSR count). The number of likely N-dealkylation sites (N-methyl/N-ethyl adjacent to an activating group) is 1. The number of hydrogen-bond donors (Lipinski definition) is 6. The Morgan fingerprint density at radius 3 is 2.37 bits per heavy atom. The van der Waals surface area contributed by atoms with Crippen LogP contribution in [0.1, 0.15) is 17.5 Å². The number of carbonyl (C=O) groups excluding carboxylic acids is 3. The quantitative estimate of drug-likeness (QED) is 0.224. The summed E-state index contributed by atoms with van der Waals surface area (Å²) < 4.78 is 26.0. The highest BCUT2D eigenvalue weighted by molar-refractivity contribution is 7.92. The van der Waals surface area contributed by atoms with Crippen LogP contribution in [0.2, 0.25) is 0 Å². The predicted octanol–water partition coefficient (Wildman–Crippen LogP) is -0.664. The fourth-order valence-corrected chi connectivity index (χ4v) is 6.13. The van der Waals surface area contributed by atoms with Gasteiger partial charge in [-0.2, -0.15) is 0 Å². The number of hydrogen-bond acceptors (Lipinski definition) is 10. The van der Waals surface area contributed by atoms with E-state index < -0.39 is 73.8 Å². The van der Waals surface area contributed by atoms with Gasteiger partial charge in [0.25, 0.3) is 5.91 Å². The van der Waals surface area contributed by atoms with Gasteiger partial charge in [-0.1, -0.05) is 0 Å². The Kier molecular flexibility index (Phi) is 5.50. The number of benzene rings is 1. The van der Waals surface area contributed by atoms with Crippen LogP contribution in [0.15, 0.2) is 29.0 Å². The molecule has 0 aliphatic heterocycles. The van der Waals surface area contributed by atoms with Crippen LogP contribution in [0.4, 0.5) is 5.69 Å². The first-order valence-corrected chi connectivity index (χ1v) is 12.5. The highest BCUT2D eigenvalue weighted by Crippen LogP contribution is 2.53. The van der Waals surface area contributed by atoms with Gasteiger partial charge in [0.15, 0.2) is 11.4 Å². The molecule has 3 aliphatic rings. The average Bonchev–Trinajstić information content (AvgIpc) is 2.71. The number of sulfonamides is 1. The highest BCUT2D eigenvalue weighted by atomic mass is 32.2. The largest absolute Gasteiger partial charge is 0.508 e. The molecule has 1 saturated carbocycles. The molecule has 0 bridgehead atoms. The van der Waals surface area contributed by atoms with Gasteiger partial charge in [0.05, 0.1) is 23.5 Å². The summed E-state index contributed by atoms with van der Waals surface area (Å²) >= 11 is 0. The monoisotopic (exact) mass is 507 g/mol. The molecule has 0 aromatic heterocycles. The maximum atomic E-state index is 13.7. The van der Waals surface area contributed by atoms with Crippen molar-refractivity contribution in [2.24, 2.45) is 17.6 Å². The Morgan fingerprint density at radius 2 is 1.83 bits per heavy atom. The first-order valence-electron chi connectivity index (χ1n) is 10.6. The number of anilines is 1. The molecule has 1 fully saturated rings. The SMILES string of the molecule is CN(C)C1C(=O)C(C(N)=O)=C(O)[C@]2(O)C(=O)C3=C(O)c4c(O)ccc(NS(C)(=O)=O)c4C[C@@H]3C[C@H]12. The smallest absolute Gasteiger partial charge is 0.255 e. The second-order valence-electron chi connectivity index (χ2n) is 9.32. The lowest BCUT2D eigenvalue weighted by molar-refractivity contribution is -0.153. The van der Waals surface area contributed by atoms with Crippen molar-refractivity contribution < 1.29 is 43.2 Å². The van der Waals surface area contributed by atoms with E-state index in [0.29, 0.717) is 0 Å². The van der Waals surface area contributed by atoms with E-state index in [1.54, 1.807) is 0 Å². The van der Waals surface area contributed by atoms with E-state index in [1.165, 1.54) is 25.1 Å². The third-order valence-electron chi connectivity index (χ3n) is 6.90. The first-order chi connectivity index (χ1) is 16.1. The molecular weight excluding hydrogens is 482 g/mol. The van der Waals surface area contributed by atoms with Crippen molar-refractivity contribution in [3.8, 4) is 5.75 Å². The second kappa shape index (κ2) is 7.80. The van der Waals surface area contributed by atoms with Crippen LogP contribution >= 0.6 is 0 Å². The Labute approximate surface area is 200 Å². The molecular formula is C22H25N3O9S. The summed E-state index contributed by atoms with van der Waals surface area (Å²) in [6.45, 7) is 0. The Bertz CT molecular complexity index is 1360. The molecule has 3 aliphatic carbocycles. The maximum absolute atomic E-state index is 13.7. The number of fused-ring (bicyclic) bond motifs is 3. The summed E-state index contributed by atoms with van der Waals surface area (Å²) in [5.74, 6) is -7.65. The van der Waals surface area contributed by atoms with Crippen molar-refractivity contribution in [1.82, 2.24) is 4.90 Å². The van der Waals surface area contributed by atoms with Crippen molar-refractivity contribution in [2.75, 3.05) is 25.1 Å². The van der Waals surface area contributed by atoms with Gasteiger partial charge in [0.1, 0.15) is 22.8 Å². The van der Waals surface area contributed by atoms with Crippen molar-refractivity contribution in [3.05, 3.63) is 40.2 Å². The van der Waals surface area contributed by atoms with Crippen LogP contribution in [0.3, 0.4) is 0 Å². The Balaban J connectivity index is 1.97. The molecule has 0 spiro atoms. The van der Waals surface area contributed by atoms with Crippen LogP contribution in [-0.4, -0.2) is 83.2 Å². The maximum Gasteiger partial charge on any atom is 0.255 e. The fraction of sp³-hybridized carbons (Fsp3) is 0.409. The van der Waals surface area contributed by atoms with Crippen LogP contribution < -0.4 is 10.5 Å². The molecule has 0 heterocycles. The normalized spacial score (nSPS) is 28.5. The predicted molar refractivity (Wildman–Crippen MR) is 123 cm³/mol. The molecule has 12 nitrogen and oxygen atoms in total. The van der Waals surface area contributed by atoms with Crippen LogP contribution in [0.25, 0.3) is 5.76 Å².